The van der Waals surface area contributed by atoms with Crippen LogP contribution in [0.3, 0.4) is 0 Å². The molecular weight excluding hydrogens is 226 g/mol. The van der Waals surface area contributed by atoms with Gasteiger partial charge in [-0.3, -0.25) is 4.79 Å². The van der Waals surface area contributed by atoms with Crippen molar-refractivity contribution in [2.45, 2.75) is 12.3 Å². The molecule has 0 aromatic carbocycles. The lowest BCUT2D eigenvalue weighted by Crippen LogP contribution is -2.31. The highest BCUT2D eigenvalue weighted by molar-refractivity contribution is 7.16. The molecule has 82 valence electrons. The zero-order valence-corrected chi connectivity index (χ0v) is 8.43. The summed E-state index contributed by atoms with van der Waals surface area (Å²) >= 11 is 0.902. The van der Waals surface area contributed by atoms with Crippen molar-refractivity contribution in [3.63, 3.8) is 0 Å². The highest BCUT2D eigenvalue weighted by Crippen LogP contribution is 2.28. The first-order valence-electron chi connectivity index (χ1n) is 4.24. The average Bonchev–Trinajstić information content (AvgIpc) is 2.71. The lowest BCUT2D eigenvalue weighted by molar-refractivity contribution is 0.0120. The summed E-state index contributed by atoms with van der Waals surface area (Å²) in [6.07, 6.45) is -0.299. The third-order valence-corrected chi connectivity index (χ3v) is 2.82. The fourth-order valence-corrected chi connectivity index (χ4v) is 1.94. The van der Waals surface area contributed by atoms with Crippen LogP contribution in [0.1, 0.15) is 16.2 Å². The van der Waals surface area contributed by atoms with Crippen molar-refractivity contribution in [2.75, 3.05) is 18.8 Å². The van der Waals surface area contributed by atoms with Crippen LogP contribution in [0.15, 0.2) is 0 Å². The second kappa shape index (κ2) is 3.37. The number of likely N-dealkylation sites (tertiary alicyclic amines) is 1. The van der Waals surface area contributed by atoms with Crippen molar-refractivity contribution in [3.05, 3.63) is 5.01 Å². The van der Waals surface area contributed by atoms with E-state index >= 15 is 0 Å². The number of hydrogen-bond donors (Lipinski definition) is 1. The number of hydrogen-bond acceptors (Lipinski definition) is 5. The van der Waals surface area contributed by atoms with E-state index in [4.69, 9.17) is 5.73 Å². The van der Waals surface area contributed by atoms with Crippen LogP contribution in [-0.4, -0.2) is 40.0 Å². The van der Waals surface area contributed by atoms with Crippen molar-refractivity contribution in [1.29, 1.82) is 0 Å². The lowest BCUT2D eigenvalue weighted by Gasteiger charge is -2.13. The van der Waals surface area contributed by atoms with Gasteiger partial charge in [0, 0.05) is 13.0 Å². The summed E-state index contributed by atoms with van der Waals surface area (Å²) in [6.45, 7) is -0.503. The standard InChI is InChI=1S/C7H8F2N4OS/c8-7(9)1-2-13(3-7)5(14)4-11-12-6(10)15-4/h1-3H2,(H2,10,12). The van der Waals surface area contributed by atoms with E-state index in [0.717, 1.165) is 16.2 Å². The van der Waals surface area contributed by atoms with E-state index in [1.165, 1.54) is 0 Å². The van der Waals surface area contributed by atoms with Gasteiger partial charge in [-0.05, 0) is 0 Å². The van der Waals surface area contributed by atoms with Gasteiger partial charge < -0.3 is 10.6 Å². The number of nitrogens with zero attached hydrogens (tertiary/aromatic N) is 3. The number of rotatable bonds is 1. The minimum Gasteiger partial charge on any atom is -0.374 e. The van der Waals surface area contributed by atoms with Gasteiger partial charge in [-0.1, -0.05) is 11.3 Å². The lowest BCUT2D eigenvalue weighted by atomic mass is 10.3. The quantitative estimate of drug-likeness (QED) is 0.772. The number of nitrogens with two attached hydrogens (primary N) is 1. The summed E-state index contributed by atoms with van der Waals surface area (Å²) in [6, 6.07) is 0. The van der Waals surface area contributed by atoms with E-state index in [1.54, 1.807) is 0 Å². The first-order chi connectivity index (χ1) is 6.98. The summed E-state index contributed by atoms with van der Waals surface area (Å²) in [7, 11) is 0. The smallest absolute Gasteiger partial charge is 0.285 e. The summed E-state index contributed by atoms with van der Waals surface area (Å²) < 4.78 is 25.6. The van der Waals surface area contributed by atoms with E-state index in [9.17, 15) is 13.6 Å². The Balaban J connectivity index is 2.10. The van der Waals surface area contributed by atoms with Crippen molar-refractivity contribution in [1.82, 2.24) is 15.1 Å². The van der Waals surface area contributed by atoms with Crippen LogP contribution in [0.4, 0.5) is 13.9 Å². The molecule has 1 aromatic rings. The maximum Gasteiger partial charge on any atom is 0.285 e. The molecule has 1 aliphatic heterocycles. The van der Waals surface area contributed by atoms with E-state index in [-0.39, 0.29) is 23.1 Å². The van der Waals surface area contributed by atoms with Crippen LogP contribution in [0.5, 0.6) is 0 Å². The Labute approximate surface area is 87.9 Å². The first kappa shape index (κ1) is 10.2. The molecule has 0 saturated carbocycles. The Morgan fingerprint density at radius 1 is 1.53 bits per heavy atom. The summed E-state index contributed by atoms with van der Waals surface area (Å²) in [5.74, 6) is -3.31. The molecule has 1 saturated heterocycles. The Hall–Kier alpha value is -1.31. The molecule has 2 rings (SSSR count). The van der Waals surface area contributed by atoms with E-state index in [1.807, 2.05) is 0 Å². The normalized spacial score (nSPS) is 19.5. The first-order valence-corrected chi connectivity index (χ1v) is 5.06. The molecule has 0 aliphatic carbocycles. The molecule has 15 heavy (non-hydrogen) atoms. The Kier molecular flexibility index (Phi) is 2.29. The third-order valence-electron chi connectivity index (χ3n) is 2.08. The second-order valence-electron chi connectivity index (χ2n) is 3.28. The predicted molar refractivity (Wildman–Crippen MR) is 49.8 cm³/mol. The van der Waals surface area contributed by atoms with Crippen molar-refractivity contribution < 1.29 is 13.6 Å². The van der Waals surface area contributed by atoms with Gasteiger partial charge in [0.25, 0.3) is 11.8 Å². The number of carbonyl (C=O) groups excluding carboxylic acids is 1. The maximum absolute atomic E-state index is 12.8. The minimum absolute atomic E-state index is 0.0469. The molecular formula is C7H8F2N4OS. The molecule has 1 aliphatic rings. The van der Waals surface area contributed by atoms with Gasteiger partial charge in [-0.15, -0.1) is 10.2 Å². The monoisotopic (exact) mass is 234 g/mol. The van der Waals surface area contributed by atoms with Gasteiger partial charge in [-0.25, -0.2) is 8.78 Å². The average molecular weight is 234 g/mol. The molecule has 0 atom stereocenters. The summed E-state index contributed by atoms with van der Waals surface area (Å²) in [5, 5.41) is 7.19. The molecule has 0 radical (unpaired) electrons. The predicted octanol–water partition coefficient (Wildman–Crippen LogP) is 0.602. The third kappa shape index (κ3) is 2.04. The molecule has 5 nitrogen and oxygen atoms in total. The molecule has 8 heteroatoms. The zero-order chi connectivity index (χ0) is 11.1. The van der Waals surface area contributed by atoms with E-state index in [0.29, 0.717) is 0 Å². The van der Waals surface area contributed by atoms with Crippen LogP contribution >= 0.6 is 11.3 Å². The summed E-state index contributed by atoms with van der Waals surface area (Å²) in [4.78, 5) is 12.7. The van der Waals surface area contributed by atoms with Gasteiger partial charge >= 0.3 is 0 Å². The molecule has 1 aromatic heterocycles. The fraction of sp³-hybridized carbons (Fsp3) is 0.571. The van der Waals surface area contributed by atoms with Gasteiger partial charge in [-0.2, -0.15) is 0 Å². The maximum atomic E-state index is 12.8. The topological polar surface area (TPSA) is 72.1 Å². The zero-order valence-electron chi connectivity index (χ0n) is 7.61. The van der Waals surface area contributed by atoms with Crippen LogP contribution in [0.25, 0.3) is 0 Å². The molecule has 0 spiro atoms. The molecule has 0 unspecified atom stereocenters. The van der Waals surface area contributed by atoms with E-state index < -0.39 is 18.4 Å². The second-order valence-corrected chi connectivity index (χ2v) is 4.29. The number of nitrogen functional groups attached to an aromatic ring is 1. The number of aromatic nitrogens is 2. The van der Waals surface area contributed by atoms with Crippen LogP contribution in [0.2, 0.25) is 0 Å². The largest absolute Gasteiger partial charge is 0.374 e. The Bertz CT molecular complexity index is 394. The Morgan fingerprint density at radius 2 is 2.27 bits per heavy atom. The highest BCUT2D eigenvalue weighted by Gasteiger charge is 2.41. The van der Waals surface area contributed by atoms with Crippen molar-refractivity contribution >= 4 is 22.4 Å². The summed E-state index contributed by atoms with van der Waals surface area (Å²) in [5.41, 5.74) is 5.29. The van der Waals surface area contributed by atoms with Gasteiger partial charge in [0.2, 0.25) is 10.1 Å². The Morgan fingerprint density at radius 3 is 2.73 bits per heavy atom. The van der Waals surface area contributed by atoms with Crippen molar-refractivity contribution in [3.8, 4) is 0 Å². The van der Waals surface area contributed by atoms with Crippen LogP contribution < -0.4 is 5.73 Å². The number of halogens is 2. The highest BCUT2D eigenvalue weighted by atomic mass is 32.1. The molecule has 1 amide bonds. The van der Waals surface area contributed by atoms with Crippen LogP contribution in [-0.2, 0) is 0 Å². The molecule has 2 heterocycles. The number of anilines is 1. The molecule has 0 bridgehead atoms. The fourth-order valence-electron chi connectivity index (χ4n) is 1.37. The number of amides is 1. The molecule has 2 N–H and O–H groups in total. The SMILES string of the molecule is Nc1nnc(C(=O)N2CCC(F)(F)C2)s1. The number of carbonyl (C=O) groups is 1. The van der Waals surface area contributed by atoms with Crippen LogP contribution in [0, 0.1) is 0 Å². The van der Waals surface area contributed by atoms with Gasteiger partial charge in [0.1, 0.15) is 0 Å². The van der Waals surface area contributed by atoms with Crippen molar-refractivity contribution in [2.24, 2.45) is 0 Å². The van der Waals surface area contributed by atoms with Gasteiger partial charge in [0.15, 0.2) is 0 Å². The van der Waals surface area contributed by atoms with E-state index in [2.05, 4.69) is 10.2 Å². The number of alkyl halides is 2. The molecule has 1 fully saturated rings. The minimum atomic E-state index is -2.79. The van der Waals surface area contributed by atoms with Gasteiger partial charge in [0.05, 0.1) is 6.54 Å².